The van der Waals surface area contributed by atoms with E-state index in [1.165, 1.54) is 257 Å². The Bertz CT molecular complexity index is 1070. The summed E-state index contributed by atoms with van der Waals surface area (Å²) in [6, 6.07) is 0. The van der Waals surface area contributed by atoms with Gasteiger partial charge in [-0.2, -0.15) is 0 Å². The third-order valence-electron chi connectivity index (χ3n) is 15.9. The van der Waals surface area contributed by atoms with Crippen LogP contribution in [0, 0.1) is 0 Å². The van der Waals surface area contributed by atoms with Crippen molar-refractivity contribution in [3.8, 4) is 0 Å². The lowest BCUT2D eigenvalue weighted by atomic mass is 10.0. The molecule has 0 heterocycles. The summed E-state index contributed by atoms with van der Waals surface area (Å²) in [5.41, 5.74) is 0. The normalized spacial score (nSPS) is 11.5. The Morgan fingerprint density at radius 1 is 0.221 bits per heavy atom. The molecule has 0 radical (unpaired) electrons. The van der Waals surface area contributed by atoms with Gasteiger partial charge >= 0.3 is 0 Å². The zero-order chi connectivity index (χ0) is 56.0. The highest BCUT2D eigenvalue weighted by Gasteiger charge is 2.19. The molecule has 0 atom stereocenters. The molecule has 0 bridgehead atoms. The molecule has 456 valence electrons. The number of carbonyl (C=O) groups excluding carboxylic acids is 4. The van der Waals surface area contributed by atoms with E-state index < -0.39 is 12.3 Å². The van der Waals surface area contributed by atoms with Gasteiger partial charge in [0.15, 0.2) is 0 Å². The number of carbonyl (C=O) groups is 4. The summed E-state index contributed by atoms with van der Waals surface area (Å²) in [5, 5.41) is 12.2. The van der Waals surface area contributed by atoms with Crippen LogP contribution in [-0.4, -0.2) is 49.2 Å². The first-order valence-corrected chi connectivity index (χ1v) is 34.6. The van der Waals surface area contributed by atoms with Crippen LogP contribution in [0.25, 0.3) is 0 Å². The van der Waals surface area contributed by atoms with Gasteiger partial charge in [0.2, 0.25) is 23.6 Å². The Balaban J connectivity index is 5.20. The Morgan fingerprint density at radius 2 is 0.351 bits per heavy atom. The fourth-order valence-electron chi connectivity index (χ4n) is 10.8. The van der Waals surface area contributed by atoms with Crippen molar-refractivity contribution < 1.29 is 23.9 Å². The second-order valence-corrected chi connectivity index (χ2v) is 23.9. The van der Waals surface area contributed by atoms with E-state index in [2.05, 4.69) is 49.0 Å². The van der Waals surface area contributed by atoms with Crippen LogP contribution in [0.15, 0.2) is 0 Å². The van der Waals surface area contributed by atoms with E-state index in [1.807, 2.05) is 0 Å². The lowest BCUT2D eigenvalue weighted by Gasteiger charge is -2.24. The highest BCUT2D eigenvalue weighted by molar-refractivity contribution is 5.80. The SMILES string of the molecule is CCCCCCCCCCCCCCCC(=O)NC(COCC(NC(=O)CCCCCCCCCCCCCCC)NC(=O)CCCCCCCCCCCCCCC)NC(=O)CCCCCCCCCCCCCCC. The van der Waals surface area contributed by atoms with Gasteiger partial charge < -0.3 is 26.0 Å². The van der Waals surface area contributed by atoms with Crippen LogP contribution in [0.4, 0.5) is 0 Å². The number of hydrogen-bond acceptors (Lipinski definition) is 5. The number of amides is 4. The Labute approximate surface area is 479 Å². The molecule has 0 aliphatic carbocycles. The molecular weight excluding hydrogens is 953 g/mol. The van der Waals surface area contributed by atoms with Crippen molar-refractivity contribution in [3.05, 3.63) is 0 Å². The third-order valence-corrected chi connectivity index (χ3v) is 15.9. The number of nitrogens with one attached hydrogen (secondary N) is 4. The molecule has 0 aromatic heterocycles. The molecule has 0 fully saturated rings. The molecule has 4 N–H and O–H groups in total. The standard InChI is InChI=1S/C68H134N4O5/c1-5-9-13-17-21-25-29-33-37-41-45-49-53-57-65(73)69-63(70-66(74)58-54-50-46-42-38-34-30-26-22-18-14-10-6-2)61-77-62-64(71-67(75)59-55-51-47-43-39-35-31-27-23-19-15-11-7-3)72-68(76)60-56-52-48-44-40-36-32-28-24-20-16-12-8-4/h63-64H,5-62H2,1-4H3,(H,69,73)(H,70,74)(H,71,75)(H,72,76). The lowest BCUT2D eigenvalue weighted by molar-refractivity contribution is -0.125. The van der Waals surface area contributed by atoms with Crippen LogP contribution in [0.2, 0.25) is 0 Å². The van der Waals surface area contributed by atoms with E-state index in [0.29, 0.717) is 25.7 Å². The molecule has 0 saturated heterocycles. The summed E-state index contributed by atoms with van der Waals surface area (Å²) in [4.78, 5) is 53.2. The van der Waals surface area contributed by atoms with Gasteiger partial charge in [-0.3, -0.25) is 19.2 Å². The van der Waals surface area contributed by atoms with Gasteiger partial charge in [-0.1, -0.05) is 336 Å². The maximum absolute atomic E-state index is 13.3. The Kier molecular flexibility index (Phi) is 61.3. The lowest BCUT2D eigenvalue weighted by Crippen LogP contribution is -2.53. The largest absolute Gasteiger partial charge is 0.373 e. The van der Waals surface area contributed by atoms with Crippen molar-refractivity contribution >= 4 is 23.6 Å². The molecular formula is C68H134N4O5. The molecule has 4 amide bonds. The molecule has 0 aromatic rings. The number of hydrogen-bond donors (Lipinski definition) is 4. The summed E-state index contributed by atoms with van der Waals surface area (Å²) >= 11 is 0. The highest BCUT2D eigenvalue weighted by Crippen LogP contribution is 2.17. The molecule has 0 spiro atoms. The Hall–Kier alpha value is -2.16. The number of ether oxygens (including phenoxy) is 1. The van der Waals surface area contributed by atoms with Gasteiger partial charge in [-0.05, 0) is 25.7 Å². The summed E-state index contributed by atoms with van der Waals surface area (Å²) in [6.45, 7) is 9.18. The maximum Gasteiger partial charge on any atom is 0.221 e. The predicted molar refractivity (Wildman–Crippen MR) is 332 cm³/mol. The van der Waals surface area contributed by atoms with Crippen LogP contribution in [0.3, 0.4) is 0 Å². The highest BCUT2D eigenvalue weighted by atomic mass is 16.5. The van der Waals surface area contributed by atoms with Crippen LogP contribution >= 0.6 is 0 Å². The average Bonchev–Trinajstić information content (AvgIpc) is 3.41. The van der Waals surface area contributed by atoms with E-state index in [-0.39, 0.29) is 36.8 Å². The number of rotatable bonds is 64. The van der Waals surface area contributed by atoms with Gasteiger partial charge in [0.25, 0.3) is 0 Å². The average molecular weight is 1090 g/mol. The van der Waals surface area contributed by atoms with Crippen LogP contribution in [0.1, 0.15) is 387 Å². The first-order valence-electron chi connectivity index (χ1n) is 34.6. The monoisotopic (exact) mass is 1090 g/mol. The first-order chi connectivity index (χ1) is 37.9. The second-order valence-electron chi connectivity index (χ2n) is 23.9. The molecule has 0 aliphatic heterocycles. The molecule has 0 saturated carbocycles. The van der Waals surface area contributed by atoms with E-state index in [4.69, 9.17) is 4.74 Å². The third kappa shape index (κ3) is 59.8. The number of unbranched alkanes of at least 4 members (excludes halogenated alkanes) is 48. The molecule has 9 heteroatoms. The van der Waals surface area contributed by atoms with Crippen LogP contribution in [-0.2, 0) is 23.9 Å². The van der Waals surface area contributed by atoms with Gasteiger partial charge in [0.05, 0.1) is 13.2 Å². The molecule has 0 aromatic carbocycles. The van der Waals surface area contributed by atoms with Crippen molar-refractivity contribution in [2.24, 2.45) is 0 Å². The molecule has 9 nitrogen and oxygen atoms in total. The minimum absolute atomic E-state index is 0.0502. The molecule has 77 heavy (non-hydrogen) atoms. The minimum atomic E-state index is -0.692. The van der Waals surface area contributed by atoms with Crippen molar-refractivity contribution in [1.82, 2.24) is 21.3 Å². The van der Waals surface area contributed by atoms with Crippen molar-refractivity contribution in [3.63, 3.8) is 0 Å². The quantitative estimate of drug-likeness (QED) is 0.0357. The molecule has 0 rings (SSSR count). The summed E-state index contributed by atoms with van der Waals surface area (Å²) in [5.74, 6) is -0.346. The van der Waals surface area contributed by atoms with Gasteiger partial charge in [-0.25, -0.2) is 0 Å². The minimum Gasteiger partial charge on any atom is -0.373 e. The van der Waals surface area contributed by atoms with Crippen molar-refractivity contribution in [2.45, 2.75) is 400 Å². The van der Waals surface area contributed by atoms with Crippen LogP contribution in [0.5, 0.6) is 0 Å². The van der Waals surface area contributed by atoms with Crippen molar-refractivity contribution in [2.75, 3.05) is 13.2 Å². The smallest absolute Gasteiger partial charge is 0.221 e. The second kappa shape index (κ2) is 63.0. The zero-order valence-electron chi connectivity index (χ0n) is 52.2. The maximum atomic E-state index is 13.3. The fourth-order valence-corrected chi connectivity index (χ4v) is 10.8. The fraction of sp³-hybridized carbons (Fsp3) is 0.941. The van der Waals surface area contributed by atoms with E-state index in [0.717, 1.165) is 77.0 Å². The van der Waals surface area contributed by atoms with Crippen molar-refractivity contribution in [1.29, 1.82) is 0 Å². The summed E-state index contributed by atoms with van der Waals surface area (Å²) in [6.07, 6.45) is 65.3. The van der Waals surface area contributed by atoms with Gasteiger partial charge in [-0.15, -0.1) is 0 Å². The predicted octanol–water partition coefficient (Wildman–Crippen LogP) is 20.0. The molecule has 0 aliphatic rings. The Morgan fingerprint density at radius 3 is 0.494 bits per heavy atom. The van der Waals surface area contributed by atoms with Gasteiger partial charge in [0.1, 0.15) is 12.3 Å². The summed E-state index contributed by atoms with van der Waals surface area (Å²) in [7, 11) is 0. The van der Waals surface area contributed by atoms with E-state index >= 15 is 0 Å². The molecule has 0 unspecified atom stereocenters. The zero-order valence-corrected chi connectivity index (χ0v) is 52.2. The van der Waals surface area contributed by atoms with E-state index in [9.17, 15) is 19.2 Å². The van der Waals surface area contributed by atoms with Gasteiger partial charge in [0, 0.05) is 25.7 Å². The van der Waals surface area contributed by atoms with E-state index in [1.54, 1.807) is 0 Å². The first kappa shape index (κ1) is 74.8. The topological polar surface area (TPSA) is 126 Å². The van der Waals surface area contributed by atoms with Crippen LogP contribution < -0.4 is 21.3 Å². The summed E-state index contributed by atoms with van der Waals surface area (Å²) < 4.78 is 6.19.